The zero-order valence-electron chi connectivity index (χ0n) is 11.4. The fraction of sp³-hybridized carbons (Fsp3) is 0.125. The summed E-state index contributed by atoms with van der Waals surface area (Å²) in [5, 5.41) is 9.15. The van der Waals surface area contributed by atoms with Crippen LogP contribution >= 0.6 is 11.6 Å². The summed E-state index contributed by atoms with van der Waals surface area (Å²) >= 11 is 6.09. The molecule has 1 heterocycles. The number of halogens is 1. The molecule has 108 valence electrons. The Bertz CT molecular complexity index is 683. The maximum Gasteiger partial charge on any atom is 0.328 e. The summed E-state index contributed by atoms with van der Waals surface area (Å²) < 4.78 is 5.73. The van der Waals surface area contributed by atoms with Crippen molar-refractivity contribution in [2.45, 2.75) is 13.5 Å². The van der Waals surface area contributed by atoms with E-state index in [4.69, 9.17) is 21.4 Å². The van der Waals surface area contributed by atoms with Gasteiger partial charge < -0.3 is 9.84 Å². The number of carboxylic acids is 1. The molecule has 0 radical (unpaired) electrons. The minimum Gasteiger partial charge on any atom is -0.487 e. The minimum atomic E-state index is -1.04. The third-order valence-corrected chi connectivity index (χ3v) is 3.22. The third kappa shape index (κ3) is 4.07. The Hall–Kier alpha value is -2.33. The number of benzene rings is 1. The van der Waals surface area contributed by atoms with E-state index in [2.05, 4.69) is 4.98 Å². The van der Waals surface area contributed by atoms with Crippen LogP contribution in [0.3, 0.4) is 0 Å². The highest BCUT2D eigenvalue weighted by molar-refractivity contribution is 6.32. The summed E-state index contributed by atoms with van der Waals surface area (Å²) in [5.74, 6) is -0.522. The maximum atomic E-state index is 10.6. The lowest BCUT2D eigenvalue weighted by molar-refractivity contribution is -0.131. The summed E-state index contributed by atoms with van der Waals surface area (Å²) in [6.45, 7) is 2.25. The lowest BCUT2D eigenvalue weighted by Gasteiger charge is -2.11. The van der Waals surface area contributed by atoms with Gasteiger partial charge in [-0.15, -0.1) is 0 Å². The molecule has 0 bridgehead atoms. The van der Waals surface area contributed by atoms with Crippen molar-refractivity contribution in [2.75, 3.05) is 0 Å². The molecule has 2 rings (SSSR count). The quantitative estimate of drug-likeness (QED) is 0.855. The molecule has 1 aromatic heterocycles. The van der Waals surface area contributed by atoms with Gasteiger partial charge in [0.1, 0.15) is 12.4 Å². The molecule has 0 saturated carbocycles. The Morgan fingerprint density at radius 2 is 2.19 bits per heavy atom. The zero-order chi connectivity index (χ0) is 15.2. The molecule has 0 spiro atoms. The second-order valence-electron chi connectivity index (χ2n) is 4.38. The van der Waals surface area contributed by atoms with Gasteiger partial charge >= 0.3 is 5.97 Å². The summed E-state index contributed by atoms with van der Waals surface area (Å²) in [4.78, 5) is 14.9. The van der Waals surface area contributed by atoms with Crippen LogP contribution in [0.4, 0.5) is 0 Å². The van der Waals surface area contributed by atoms with Crippen LogP contribution in [0.1, 0.15) is 16.8 Å². The van der Waals surface area contributed by atoms with Crippen molar-refractivity contribution < 1.29 is 14.6 Å². The fourth-order valence-corrected chi connectivity index (χ4v) is 2.00. The molecular formula is C16H14ClNO3. The predicted molar refractivity (Wildman–Crippen MR) is 81.4 cm³/mol. The summed E-state index contributed by atoms with van der Waals surface area (Å²) in [7, 11) is 0. The van der Waals surface area contributed by atoms with Crippen LogP contribution < -0.4 is 4.74 Å². The van der Waals surface area contributed by atoms with Gasteiger partial charge in [-0.1, -0.05) is 23.7 Å². The van der Waals surface area contributed by atoms with E-state index in [1.165, 1.54) is 6.08 Å². The van der Waals surface area contributed by atoms with E-state index in [1.807, 2.05) is 19.1 Å². The first-order valence-electron chi connectivity index (χ1n) is 6.30. The van der Waals surface area contributed by atoms with Crippen molar-refractivity contribution in [3.8, 4) is 5.75 Å². The Morgan fingerprint density at radius 3 is 2.90 bits per heavy atom. The average Bonchev–Trinajstić information content (AvgIpc) is 2.45. The van der Waals surface area contributed by atoms with Gasteiger partial charge in [-0.2, -0.15) is 0 Å². The molecule has 0 saturated heterocycles. The minimum absolute atomic E-state index is 0.293. The van der Waals surface area contributed by atoms with Crippen LogP contribution in [-0.4, -0.2) is 16.1 Å². The van der Waals surface area contributed by atoms with E-state index in [0.717, 1.165) is 17.3 Å². The van der Waals surface area contributed by atoms with E-state index < -0.39 is 5.97 Å². The number of aliphatic carboxylic acids is 1. The van der Waals surface area contributed by atoms with E-state index in [-0.39, 0.29) is 0 Å². The number of rotatable bonds is 5. The number of hydrogen-bond donors (Lipinski definition) is 1. The van der Waals surface area contributed by atoms with Crippen LogP contribution in [-0.2, 0) is 11.4 Å². The monoisotopic (exact) mass is 303 g/mol. The van der Waals surface area contributed by atoms with Crippen LogP contribution in [0.15, 0.2) is 42.6 Å². The van der Waals surface area contributed by atoms with Crippen molar-refractivity contribution in [3.63, 3.8) is 0 Å². The molecule has 2 aromatic rings. The van der Waals surface area contributed by atoms with Gasteiger partial charge in [0.25, 0.3) is 0 Å². The SMILES string of the molecule is Cc1cccnc1COc1cccc(Cl)c1/C=C/C(=O)O. The van der Waals surface area contributed by atoms with E-state index >= 15 is 0 Å². The second kappa shape index (κ2) is 6.90. The Labute approximate surface area is 127 Å². The average molecular weight is 304 g/mol. The molecule has 0 aliphatic heterocycles. The normalized spacial score (nSPS) is 10.8. The van der Waals surface area contributed by atoms with Gasteiger partial charge in [-0.3, -0.25) is 4.98 Å². The fourth-order valence-electron chi connectivity index (χ4n) is 1.78. The van der Waals surface area contributed by atoms with Gasteiger partial charge in [0, 0.05) is 17.8 Å². The third-order valence-electron chi connectivity index (χ3n) is 2.89. The standard InChI is InChI=1S/C16H14ClNO3/c1-11-4-3-9-18-14(11)10-21-15-6-2-5-13(17)12(15)7-8-16(19)20/h2-9H,10H2,1H3,(H,19,20)/b8-7+. The van der Waals surface area contributed by atoms with E-state index in [9.17, 15) is 4.79 Å². The van der Waals surface area contributed by atoms with E-state index in [1.54, 1.807) is 24.4 Å². The zero-order valence-corrected chi connectivity index (χ0v) is 12.2. The first-order chi connectivity index (χ1) is 10.1. The van der Waals surface area contributed by atoms with Crippen molar-refractivity contribution >= 4 is 23.6 Å². The molecule has 1 aromatic carbocycles. The number of hydrogen-bond acceptors (Lipinski definition) is 3. The molecule has 5 heteroatoms. The number of aryl methyl sites for hydroxylation is 1. The molecule has 0 aliphatic rings. The summed E-state index contributed by atoms with van der Waals surface area (Å²) in [6.07, 6.45) is 4.15. The van der Waals surface area contributed by atoms with Crippen LogP contribution in [0.2, 0.25) is 5.02 Å². The number of ether oxygens (including phenoxy) is 1. The van der Waals surface area contributed by atoms with Crippen LogP contribution in [0.5, 0.6) is 5.75 Å². The Balaban J connectivity index is 2.22. The topological polar surface area (TPSA) is 59.4 Å². The molecule has 0 fully saturated rings. The molecule has 1 N–H and O–H groups in total. The predicted octanol–water partition coefficient (Wildman–Crippen LogP) is 3.72. The number of carbonyl (C=O) groups is 1. The summed E-state index contributed by atoms with van der Waals surface area (Å²) in [6, 6.07) is 8.99. The highest BCUT2D eigenvalue weighted by atomic mass is 35.5. The van der Waals surface area contributed by atoms with Crippen molar-refractivity contribution in [1.29, 1.82) is 0 Å². The Morgan fingerprint density at radius 1 is 1.38 bits per heavy atom. The van der Waals surface area contributed by atoms with E-state index in [0.29, 0.717) is 22.9 Å². The van der Waals surface area contributed by atoms with Gasteiger partial charge in [0.15, 0.2) is 0 Å². The maximum absolute atomic E-state index is 10.6. The van der Waals surface area contributed by atoms with Crippen molar-refractivity contribution in [1.82, 2.24) is 4.98 Å². The number of nitrogens with zero attached hydrogens (tertiary/aromatic N) is 1. The number of carboxylic acid groups (broad SMARTS) is 1. The van der Waals surface area contributed by atoms with Gasteiger partial charge in [-0.05, 0) is 36.8 Å². The molecular weight excluding hydrogens is 290 g/mol. The largest absolute Gasteiger partial charge is 0.487 e. The highest BCUT2D eigenvalue weighted by Crippen LogP contribution is 2.28. The molecule has 0 aliphatic carbocycles. The van der Waals surface area contributed by atoms with Crippen LogP contribution in [0, 0.1) is 6.92 Å². The molecule has 4 nitrogen and oxygen atoms in total. The lowest BCUT2D eigenvalue weighted by atomic mass is 10.2. The number of aromatic nitrogens is 1. The second-order valence-corrected chi connectivity index (χ2v) is 4.79. The van der Waals surface area contributed by atoms with Crippen molar-refractivity contribution in [3.05, 3.63) is 64.4 Å². The molecule has 0 atom stereocenters. The van der Waals surface area contributed by atoms with Crippen LogP contribution in [0.25, 0.3) is 6.08 Å². The first-order valence-corrected chi connectivity index (χ1v) is 6.68. The number of pyridine rings is 1. The Kier molecular flexibility index (Phi) is 4.95. The molecule has 0 unspecified atom stereocenters. The lowest BCUT2D eigenvalue weighted by Crippen LogP contribution is -2.01. The smallest absolute Gasteiger partial charge is 0.328 e. The van der Waals surface area contributed by atoms with Gasteiger partial charge in [0.2, 0.25) is 0 Å². The van der Waals surface area contributed by atoms with Gasteiger partial charge in [0.05, 0.1) is 10.7 Å². The molecule has 21 heavy (non-hydrogen) atoms. The molecule has 0 amide bonds. The highest BCUT2D eigenvalue weighted by Gasteiger charge is 2.07. The van der Waals surface area contributed by atoms with Gasteiger partial charge in [-0.25, -0.2) is 4.79 Å². The first kappa shape index (κ1) is 15.1. The summed E-state index contributed by atoms with van der Waals surface area (Å²) in [5.41, 5.74) is 2.39. The van der Waals surface area contributed by atoms with Crippen molar-refractivity contribution in [2.24, 2.45) is 0 Å².